The Balaban J connectivity index is 1.43. The van der Waals surface area contributed by atoms with Gasteiger partial charge in [-0.2, -0.15) is 0 Å². The van der Waals surface area contributed by atoms with E-state index in [1.165, 1.54) is 0 Å². The highest BCUT2D eigenvalue weighted by Crippen LogP contribution is 2.32. The molecule has 140 valence electrons. The van der Waals surface area contributed by atoms with Gasteiger partial charge in [-0.1, -0.05) is 0 Å². The Bertz CT molecular complexity index is 933. The molecular formula is C20H21N3O3S. The zero-order chi connectivity index (χ0) is 18.6. The van der Waals surface area contributed by atoms with Crippen LogP contribution in [0.3, 0.4) is 0 Å². The maximum atomic E-state index is 12.2. The van der Waals surface area contributed by atoms with Crippen LogP contribution in [-0.4, -0.2) is 55.7 Å². The zero-order valence-corrected chi connectivity index (χ0v) is 15.9. The lowest BCUT2D eigenvalue weighted by Crippen LogP contribution is -2.41. The molecule has 7 heteroatoms. The highest BCUT2D eigenvalue weighted by atomic mass is 32.1. The molecule has 2 heterocycles. The SMILES string of the molecule is COc1ccc2nc(-c3ccc(NC(=O)CN4CCOCC4)cc3)sc2c1. The van der Waals surface area contributed by atoms with Gasteiger partial charge in [0, 0.05) is 24.3 Å². The van der Waals surface area contributed by atoms with Crippen molar-refractivity contribution in [2.45, 2.75) is 0 Å². The summed E-state index contributed by atoms with van der Waals surface area (Å²) < 4.78 is 11.7. The van der Waals surface area contributed by atoms with Gasteiger partial charge in [-0.15, -0.1) is 11.3 Å². The number of carbonyl (C=O) groups excluding carboxylic acids is 1. The molecule has 2 aromatic carbocycles. The van der Waals surface area contributed by atoms with Crippen molar-refractivity contribution >= 4 is 33.1 Å². The second kappa shape index (κ2) is 8.04. The van der Waals surface area contributed by atoms with Gasteiger partial charge in [0.2, 0.25) is 5.91 Å². The highest BCUT2D eigenvalue weighted by Gasteiger charge is 2.14. The van der Waals surface area contributed by atoms with Crippen molar-refractivity contribution in [3.8, 4) is 16.3 Å². The number of amides is 1. The largest absolute Gasteiger partial charge is 0.497 e. The van der Waals surface area contributed by atoms with Gasteiger partial charge in [0.1, 0.15) is 10.8 Å². The van der Waals surface area contributed by atoms with E-state index in [1.54, 1.807) is 18.4 Å². The highest BCUT2D eigenvalue weighted by molar-refractivity contribution is 7.21. The first-order valence-electron chi connectivity index (χ1n) is 8.86. The van der Waals surface area contributed by atoms with Gasteiger partial charge in [0.25, 0.3) is 0 Å². The maximum Gasteiger partial charge on any atom is 0.238 e. The quantitative estimate of drug-likeness (QED) is 0.733. The van der Waals surface area contributed by atoms with Crippen molar-refractivity contribution in [2.24, 2.45) is 0 Å². The van der Waals surface area contributed by atoms with Crippen molar-refractivity contribution in [1.29, 1.82) is 0 Å². The number of nitrogens with zero attached hydrogens (tertiary/aromatic N) is 2. The first kappa shape index (κ1) is 17.9. The second-order valence-electron chi connectivity index (χ2n) is 6.37. The third-order valence-corrected chi connectivity index (χ3v) is 5.55. The molecule has 1 aromatic heterocycles. The van der Waals surface area contributed by atoms with E-state index in [0.29, 0.717) is 19.8 Å². The summed E-state index contributed by atoms with van der Waals surface area (Å²) in [6, 6.07) is 13.7. The van der Waals surface area contributed by atoms with Gasteiger partial charge in [0.05, 0.1) is 37.1 Å². The molecule has 0 atom stereocenters. The number of anilines is 1. The van der Waals surface area contributed by atoms with Crippen LogP contribution in [0.15, 0.2) is 42.5 Å². The topological polar surface area (TPSA) is 63.7 Å². The Morgan fingerprint density at radius 2 is 2.00 bits per heavy atom. The summed E-state index contributed by atoms with van der Waals surface area (Å²) in [4.78, 5) is 19.0. The summed E-state index contributed by atoms with van der Waals surface area (Å²) in [5.41, 5.74) is 2.78. The summed E-state index contributed by atoms with van der Waals surface area (Å²) in [5.74, 6) is 0.827. The Labute approximate surface area is 161 Å². The van der Waals surface area contributed by atoms with E-state index in [1.807, 2.05) is 42.5 Å². The molecule has 1 aliphatic heterocycles. The van der Waals surface area contributed by atoms with E-state index in [4.69, 9.17) is 9.47 Å². The van der Waals surface area contributed by atoms with Crippen molar-refractivity contribution < 1.29 is 14.3 Å². The minimum Gasteiger partial charge on any atom is -0.497 e. The molecule has 1 amide bonds. The van der Waals surface area contributed by atoms with E-state index >= 15 is 0 Å². The lowest BCUT2D eigenvalue weighted by molar-refractivity contribution is -0.118. The van der Waals surface area contributed by atoms with Gasteiger partial charge < -0.3 is 14.8 Å². The fourth-order valence-electron chi connectivity index (χ4n) is 3.01. The van der Waals surface area contributed by atoms with Crippen molar-refractivity contribution in [3.05, 3.63) is 42.5 Å². The fourth-order valence-corrected chi connectivity index (χ4v) is 4.01. The van der Waals surface area contributed by atoms with Crippen LogP contribution in [0, 0.1) is 0 Å². The number of hydrogen-bond acceptors (Lipinski definition) is 6. The van der Waals surface area contributed by atoms with Gasteiger partial charge in [-0.25, -0.2) is 4.98 Å². The summed E-state index contributed by atoms with van der Waals surface area (Å²) in [5, 5.41) is 3.90. The molecule has 0 bridgehead atoms. The Kier molecular flexibility index (Phi) is 5.33. The van der Waals surface area contributed by atoms with Crippen LogP contribution in [0.2, 0.25) is 0 Å². The maximum absolute atomic E-state index is 12.2. The Hall–Kier alpha value is -2.48. The average Bonchev–Trinajstić information content (AvgIpc) is 3.12. The number of fused-ring (bicyclic) bond motifs is 1. The second-order valence-corrected chi connectivity index (χ2v) is 7.40. The van der Waals surface area contributed by atoms with Gasteiger partial charge in [-0.3, -0.25) is 9.69 Å². The molecule has 0 radical (unpaired) electrons. The molecule has 0 unspecified atom stereocenters. The summed E-state index contributed by atoms with van der Waals surface area (Å²) >= 11 is 1.63. The number of benzene rings is 2. The zero-order valence-electron chi connectivity index (χ0n) is 15.1. The molecule has 3 aromatic rings. The van der Waals surface area contributed by atoms with Crippen molar-refractivity contribution in [1.82, 2.24) is 9.88 Å². The number of morpholine rings is 1. The van der Waals surface area contributed by atoms with Crippen LogP contribution in [0.25, 0.3) is 20.8 Å². The van der Waals surface area contributed by atoms with Crippen LogP contribution in [-0.2, 0) is 9.53 Å². The van der Waals surface area contributed by atoms with E-state index in [-0.39, 0.29) is 5.91 Å². The number of aromatic nitrogens is 1. The Morgan fingerprint density at radius 3 is 2.74 bits per heavy atom. The molecule has 0 spiro atoms. The summed E-state index contributed by atoms with van der Waals surface area (Å²) in [6.45, 7) is 3.38. The number of hydrogen-bond donors (Lipinski definition) is 1. The molecule has 1 fully saturated rings. The van der Waals surface area contributed by atoms with Crippen LogP contribution in [0.1, 0.15) is 0 Å². The predicted molar refractivity (Wildman–Crippen MR) is 107 cm³/mol. The van der Waals surface area contributed by atoms with E-state index in [2.05, 4.69) is 15.2 Å². The molecule has 0 aliphatic carbocycles. The van der Waals surface area contributed by atoms with Crippen LogP contribution >= 0.6 is 11.3 Å². The van der Waals surface area contributed by atoms with Gasteiger partial charge >= 0.3 is 0 Å². The van der Waals surface area contributed by atoms with E-state index in [9.17, 15) is 4.79 Å². The van der Waals surface area contributed by atoms with Gasteiger partial charge in [-0.05, 0) is 42.5 Å². The average molecular weight is 383 g/mol. The molecular weight excluding hydrogens is 362 g/mol. The van der Waals surface area contributed by atoms with Crippen LogP contribution in [0.5, 0.6) is 5.75 Å². The lowest BCUT2D eigenvalue weighted by atomic mass is 10.2. The molecule has 4 rings (SSSR count). The van der Waals surface area contributed by atoms with E-state index in [0.717, 1.165) is 45.3 Å². The monoisotopic (exact) mass is 383 g/mol. The normalized spacial score (nSPS) is 15.0. The molecule has 6 nitrogen and oxygen atoms in total. The predicted octanol–water partition coefficient (Wildman–Crippen LogP) is 3.24. The van der Waals surface area contributed by atoms with Crippen LogP contribution in [0.4, 0.5) is 5.69 Å². The molecule has 1 saturated heterocycles. The van der Waals surface area contributed by atoms with Gasteiger partial charge in [0.15, 0.2) is 0 Å². The minimum absolute atomic E-state index is 0.00303. The van der Waals surface area contributed by atoms with Crippen molar-refractivity contribution in [2.75, 3.05) is 45.3 Å². The fraction of sp³-hybridized carbons (Fsp3) is 0.300. The third-order valence-electron chi connectivity index (χ3n) is 4.48. The minimum atomic E-state index is -0.00303. The Morgan fingerprint density at radius 1 is 1.22 bits per heavy atom. The molecule has 0 saturated carbocycles. The smallest absolute Gasteiger partial charge is 0.238 e. The summed E-state index contributed by atoms with van der Waals surface area (Å²) in [6.07, 6.45) is 0. The molecule has 27 heavy (non-hydrogen) atoms. The third kappa shape index (κ3) is 4.27. The number of rotatable bonds is 5. The number of methoxy groups -OCH3 is 1. The standard InChI is InChI=1S/C20H21N3O3S/c1-25-16-6-7-17-18(12-16)27-20(22-17)14-2-4-15(5-3-14)21-19(24)13-23-8-10-26-11-9-23/h2-7,12H,8-11,13H2,1H3,(H,21,24). The summed E-state index contributed by atoms with van der Waals surface area (Å²) in [7, 11) is 1.66. The van der Waals surface area contributed by atoms with E-state index < -0.39 is 0 Å². The number of carbonyl (C=O) groups is 1. The first-order chi connectivity index (χ1) is 13.2. The number of nitrogens with one attached hydrogen (secondary N) is 1. The first-order valence-corrected chi connectivity index (χ1v) is 9.68. The van der Waals surface area contributed by atoms with Crippen molar-refractivity contribution in [3.63, 3.8) is 0 Å². The molecule has 1 N–H and O–H groups in total. The number of thiazole rings is 1. The lowest BCUT2D eigenvalue weighted by Gasteiger charge is -2.25. The number of ether oxygens (including phenoxy) is 2. The molecule has 1 aliphatic rings. The van der Waals surface area contributed by atoms with Crippen LogP contribution < -0.4 is 10.1 Å².